The van der Waals surface area contributed by atoms with Crippen molar-refractivity contribution in [3.05, 3.63) is 40.6 Å². The van der Waals surface area contributed by atoms with Gasteiger partial charge in [-0.15, -0.1) is 11.3 Å². The standard InChI is InChI=1S/C18H22N4O4S3/c1-2-19-18(24)21-14-5-3-4-13(12-14)20-17(23)16-15(6-9-28-16)29(25,26)22-7-10-27-11-8-22/h3-6,9,12H,2,7-8,10-11H2,1H3,(H,20,23)(H2,19,21,24). The highest BCUT2D eigenvalue weighted by Gasteiger charge is 2.31. The molecular formula is C18H22N4O4S3. The fourth-order valence-corrected chi connectivity index (χ4v) is 6.66. The maximum absolute atomic E-state index is 13.0. The number of nitrogens with one attached hydrogen (secondary N) is 3. The minimum absolute atomic E-state index is 0.0310. The Kier molecular flexibility index (Phi) is 7.17. The molecule has 0 saturated carbocycles. The second kappa shape index (κ2) is 9.61. The first-order valence-electron chi connectivity index (χ1n) is 9.03. The van der Waals surface area contributed by atoms with E-state index < -0.39 is 15.9 Å². The van der Waals surface area contributed by atoms with Gasteiger partial charge < -0.3 is 16.0 Å². The number of nitrogens with zero attached hydrogens (tertiary/aromatic N) is 1. The Bertz CT molecular complexity index is 984. The van der Waals surface area contributed by atoms with Crippen molar-refractivity contribution >= 4 is 56.4 Å². The Morgan fingerprint density at radius 1 is 1.10 bits per heavy atom. The van der Waals surface area contributed by atoms with E-state index in [-0.39, 0.29) is 15.8 Å². The first-order chi connectivity index (χ1) is 13.9. The lowest BCUT2D eigenvalue weighted by Crippen LogP contribution is -2.38. The average molecular weight is 455 g/mol. The quantitative estimate of drug-likeness (QED) is 0.622. The van der Waals surface area contributed by atoms with E-state index in [9.17, 15) is 18.0 Å². The average Bonchev–Trinajstić information content (AvgIpc) is 3.20. The van der Waals surface area contributed by atoms with Gasteiger partial charge in [-0.2, -0.15) is 16.1 Å². The molecule has 0 radical (unpaired) electrons. The van der Waals surface area contributed by atoms with Gasteiger partial charge in [0.1, 0.15) is 9.77 Å². The summed E-state index contributed by atoms with van der Waals surface area (Å²) in [4.78, 5) is 24.6. The first-order valence-corrected chi connectivity index (χ1v) is 12.5. The molecule has 0 aliphatic carbocycles. The Morgan fingerprint density at radius 2 is 1.79 bits per heavy atom. The number of carbonyl (C=O) groups is 2. The fourth-order valence-electron chi connectivity index (χ4n) is 2.79. The third-order valence-electron chi connectivity index (χ3n) is 4.14. The Balaban J connectivity index is 1.76. The number of anilines is 2. The maximum Gasteiger partial charge on any atom is 0.319 e. The molecule has 1 aliphatic heterocycles. The van der Waals surface area contributed by atoms with Gasteiger partial charge in [0.2, 0.25) is 10.0 Å². The maximum atomic E-state index is 13.0. The third-order valence-corrected chi connectivity index (χ3v) is 8.06. The Morgan fingerprint density at radius 3 is 2.48 bits per heavy atom. The molecule has 0 atom stereocenters. The number of thiophene rings is 1. The molecule has 3 amide bonds. The highest BCUT2D eigenvalue weighted by atomic mass is 32.2. The Labute approximate surface area is 178 Å². The van der Waals surface area contributed by atoms with E-state index in [0.717, 1.165) is 22.8 Å². The van der Waals surface area contributed by atoms with Crippen molar-refractivity contribution in [2.45, 2.75) is 11.8 Å². The highest BCUT2D eigenvalue weighted by molar-refractivity contribution is 7.99. The summed E-state index contributed by atoms with van der Waals surface area (Å²) in [5.74, 6) is 0.993. The van der Waals surface area contributed by atoms with Crippen molar-refractivity contribution in [3.8, 4) is 0 Å². The Hall–Kier alpha value is -2.08. The summed E-state index contributed by atoms with van der Waals surface area (Å²) < 4.78 is 27.3. The lowest BCUT2D eigenvalue weighted by atomic mass is 10.2. The zero-order chi connectivity index (χ0) is 20.9. The number of hydrogen-bond donors (Lipinski definition) is 3. The highest BCUT2D eigenvalue weighted by Crippen LogP contribution is 2.28. The van der Waals surface area contributed by atoms with Crippen molar-refractivity contribution in [2.75, 3.05) is 41.8 Å². The number of amides is 3. The summed E-state index contributed by atoms with van der Waals surface area (Å²) in [6.45, 7) is 3.19. The van der Waals surface area contributed by atoms with E-state index in [4.69, 9.17) is 0 Å². The number of benzene rings is 1. The molecule has 1 aliphatic rings. The number of hydrogen-bond acceptors (Lipinski definition) is 6. The molecule has 1 aromatic heterocycles. The summed E-state index contributed by atoms with van der Waals surface area (Å²) in [5, 5.41) is 9.61. The van der Waals surface area contributed by atoms with Crippen molar-refractivity contribution in [3.63, 3.8) is 0 Å². The van der Waals surface area contributed by atoms with Crippen LogP contribution >= 0.6 is 23.1 Å². The van der Waals surface area contributed by atoms with Gasteiger partial charge in [-0.3, -0.25) is 4.79 Å². The molecule has 3 N–H and O–H groups in total. The van der Waals surface area contributed by atoms with Gasteiger partial charge in [-0.25, -0.2) is 13.2 Å². The minimum atomic E-state index is -3.71. The number of rotatable bonds is 6. The summed E-state index contributed by atoms with van der Waals surface area (Å²) in [7, 11) is -3.71. The zero-order valence-corrected chi connectivity index (χ0v) is 18.3. The molecular weight excluding hydrogens is 432 g/mol. The second-order valence-electron chi connectivity index (χ2n) is 6.15. The van der Waals surface area contributed by atoms with Gasteiger partial charge in [0.25, 0.3) is 5.91 Å². The monoisotopic (exact) mass is 454 g/mol. The number of urea groups is 1. The number of sulfonamides is 1. The first kappa shape index (κ1) is 21.6. The van der Waals surface area contributed by atoms with E-state index in [1.54, 1.807) is 41.4 Å². The van der Waals surface area contributed by atoms with Crippen molar-refractivity contribution in [2.24, 2.45) is 0 Å². The third kappa shape index (κ3) is 5.30. The van der Waals surface area contributed by atoms with Crippen LogP contribution in [0.15, 0.2) is 40.6 Å². The summed E-state index contributed by atoms with van der Waals surface area (Å²) >= 11 is 2.80. The predicted octanol–water partition coefficient (Wildman–Crippen LogP) is 2.88. The molecule has 0 unspecified atom stereocenters. The van der Waals surface area contributed by atoms with Gasteiger partial charge in [0, 0.05) is 42.5 Å². The van der Waals surface area contributed by atoms with Crippen LogP contribution in [0.1, 0.15) is 16.6 Å². The topological polar surface area (TPSA) is 108 Å². The van der Waals surface area contributed by atoms with Crippen LogP contribution < -0.4 is 16.0 Å². The van der Waals surface area contributed by atoms with E-state index in [0.29, 0.717) is 31.0 Å². The minimum Gasteiger partial charge on any atom is -0.338 e. The number of thioether (sulfide) groups is 1. The van der Waals surface area contributed by atoms with Crippen LogP contribution in [0.25, 0.3) is 0 Å². The van der Waals surface area contributed by atoms with Gasteiger partial charge in [-0.05, 0) is 36.6 Å². The molecule has 0 spiro atoms. The summed E-state index contributed by atoms with van der Waals surface area (Å²) in [5.41, 5.74) is 0.967. The van der Waals surface area contributed by atoms with Gasteiger partial charge in [0.05, 0.1) is 0 Å². The predicted molar refractivity (Wildman–Crippen MR) is 117 cm³/mol. The van der Waals surface area contributed by atoms with Crippen LogP contribution in [-0.2, 0) is 10.0 Å². The summed E-state index contributed by atoms with van der Waals surface area (Å²) in [6.07, 6.45) is 0. The SMILES string of the molecule is CCNC(=O)Nc1cccc(NC(=O)c2sccc2S(=O)(=O)N2CCSCC2)c1. The van der Waals surface area contributed by atoms with Crippen LogP contribution in [0.3, 0.4) is 0 Å². The molecule has 2 aromatic rings. The lowest BCUT2D eigenvalue weighted by molar-refractivity contribution is 0.102. The molecule has 1 fully saturated rings. The molecule has 1 saturated heterocycles. The van der Waals surface area contributed by atoms with E-state index >= 15 is 0 Å². The lowest BCUT2D eigenvalue weighted by Gasteiger charge is -2.25. The zero-order valence-electron chi connectivity index (χ0n) is 15.8. The van der Waals surface area contributed by atoms with Crippen molar-refractivity contribution < 1.29 is 18.0 Å². The molecule has 1 aromatic carbocycles. The van der Waals surface area contributed by atoms with E-state index in [2.05, 4.69) is 16.0 Å². The van der Waals surface area contributed by atoms with Crippen LogP contribution in [0.4, 0.5) is 16.2 Å². The smallest absolute Gasteiger partial charge is 0.319 e. The van der Waals surface area contributed by atoms with Crippen molar-refractivity contribution in [1.82, 2.24) is 9.62 Å². The van der Waals surface area contributed by atoms with Gasteiger partial charge in [0.15, 0.2) is 0 Å². The van der Waals surface area contributed by atoms with Gasteiger partial charge in [-0.1, -0.05) is 6.07 Å². The molecule has 3 rings (SSSR count). The van der Waals surface area contributed by atoms with Gasteiger partial charge >= 0.3 is 6.03 Å². The molecule has 11 heteroatoms. The van der Waals surface area contributed by atoms with Crippen LogP contribution in [0.2, 0.25) is 0 Å². The molecule has 156 valence electrons. The molecule has 8 nitrogen and oxygen atoms in total. The largest absolute Gasteiger partial charge is 0.338 e. The van der Waals surface area contributed by atoms with Crippen molar-refractivity contribution in [1.29, 1.82) is 0 Å². The van der Waals surface area contributed by atoms with E-state index in [1.807, 2.05) is 6.92 Å². The second-order valence-corrected chi connectivity index (χ2v) is 10.2. The normalized spacial score (nSPS) is 14.9. The number of carbonyl (C=O) groups excluding carboxylic acids is 2. The fraction of sp³-hybridized carbons (Fsp3) is 0.333. The molecule has 0 bridgehead atoms. The van der Waals surface area contributed by atoms with Crippen LogP contribution in [0, 0.1) is 0 Å². The van der Waals surface area contributed by atoms with Crippen LogP contribution in [0.5, 0.6) is 0 Å². The molecule has 29 heavy (non-hydrogen) atoms. The van der Waals surface area contributed by atoms with E-state index in [1.165, 1.54) is 10.4 Å². The summed E-state index contributed by atoms with van der Waals surface area (Å²) in [6, 6.07) is 7.79. The van der Waals surface area contributed by atoms with Crippen LogP contribution in [-0.4, -0.2) is 55.8 Å². The molecule has 2 heterocycles.